The van der Waals surface area contributed by atoms with Crippen molar-refractivity contribution >= 4 is 11.3 Å². The van der Waals surface area contributed by atoms with Crippen LogP contribution in [0.3, 0.4) is 0 Å². The Balaban J connectivity index is 2.54. The van der Waals surface area contributed by atoms with Crippen molar-refractivity contribution in [1.29, 1.82) is 0 Å². The van der Waals surface area contributed by atoms with E-state index in [1.807, 2.05) is 6.92 Å². The Morgan fingerprint density at radius 1 is 1.53 bits per heavy atom. The molecule has 1 rings (SSSR count). The van der Waals surface area contributed by atoms with Gasteiger partial charge >= 0.3 is 0 Å². The van der Waals surface area contributed by atoms with Gasteiger partial charge in [0.05, 0.1) is 10.7 Å². The van der Waals surface area contributed by atoms with Gasteiger partial charge in [-0.1, -0.05) is 20.8 Å². The van der Waals surface area contributed by atoms with Crippen LogP contribution in [0.5, 0.6) is 0 Å². The largest absolute Gasteiger partial charge is 0.271 e. The summed E-state index contributed by atoms with van der Waals surface area (Å²) in [6.07, 6.45) is 1.97. The fraction of sp³-hybridized carbons (Fsp3) is 0.727. The molecule has 0 aromatic carbocycles. The molecule has 15 heavy (non-hydrogen) atoms. The second-order valence-corrected chi connectivity index (χ2v) is 6.25. The molecule has 3 N–H and O–H groups in total. The Hall–Kier alpha value is -0.450. The van der Waals surface area contributed by atoms with Gasteiger partial charge in [0.1, 0.15) is 0 Å². The summed E-state index contributed by atoms with van der Waals surface area (Å²) < 4.78 is 0. The number of hydrogen-bond donors (Lipinski definition) is 2. The number of aryl methyl sites for hydroxylation is 1. The molecule has 1 atom stereocenters. The van der Waals surface area contributed by atoms with Crippen LogP contribution in [0, 0.1) is 12.3 Å². The molecule has 0 spiro atoms. The van der Waals surface area contributed by atoms with E-state index in [9.17, 15) is 0 Å². The number of aromatic nitrogens is 1. The molecule has 0 amide bonds. The molecule has 0 saturated carbocycles. The Morgan fingerprint density at radius 3 is 2.60 bits per heavy atom. The maximum Gasteiger partial charge on any atom is 0.0897 e. The molecule has 1 heterocycles. The van der Waals surface area contributed by atoms with E-state index in [1.54, 1.807) is 11.3 Å². The molecule has 1 aromatic rings. The predicted molar refractivity (Wildman–Crippen MR) is 65.7 cm³/mol. The quantitative estimate of drug-likeness (QED) is 0.613. The third-order valence-electron chi connectivity index (χ3n) is 2.22. The monoisotopic (exact) mass is 227 g/mol. The summed E-state index contributed by atoms with van der Waals surface area (Å²) in [5, 5.41) is 3.24. The summed E-state index contributed by atoms with van der Waals surface area (Å²) >= 11 is 1.70. The highest BCUT2D eigenvalue weighted by molar-refractivity contribution is 7.09. The number of rotatable bonds is 4. The van der Waals surface area contributed by atoms with E-state index < -0.39 is 0 Å². The van der Waals surface area contributed by atoms with E-state index >= 15 is 0 Å². The van der Waals surface area contributed by atoms with E-state index in [1.165, 1.54) is 0 Å². The molecule has 0 bridgehead atoms. The number of hydrogen-bond acceptors (Lipinski definition) is 4. The van der Waals surface area contributed by atoms with Gasteiger partial charge in [-0.25, -0.2) is 4.98 Å². The SMILES string of the molecule is Cc1nc(CC(CC(C)(C)C)NN)cs1. The van der Waals surface area contributed by atoms with Crippen LogP contribution in [0.1, 0.15) is 37.9 Å². The fourth-order valence-corrected chi connectivity index (χ4v) is 2.31. The zero-order valence-corrected chi connectivity index (χ0v) is 10.8. The van der Waals surface area contributed by atoms with Gasteiger partial charge in [0.15, 0.2) is 0 Å². The average Bonchev–Trinajstić information content (AvgIpc) is 2.47. The lowest BCUT2D eigenvalue weighted by Crippen LogP contribution is -2.39. The summed E-state index contributed by atoms with van der Waals surface area (Å²) in [7, 11) is 0. The van der Waals surface area contributed by atoms with Gasteiger partial charge in [0.2, 0.25) is 0 Å². The first-order valence-electron chi connectivity index (χ1n) is 5.28. The van der Waals surface area contributed by atoms with E-state index in [0.717, 1.165) is 23.5 Å². The summed E-state index contributed by atoms with van der Waals surface area (Å²) in [6.45, 7) is 8.71. The molecule has 0 aliphatic carbocycles. The molecule has 1 aromatic heterocycles. The van der Waals surface area contributed by atoms with E-state index in [4.69, 9.17) is 5.84 Å². The van der Waals surface area contributed by atoms with Crippen molar-refractivity contribution in [3.8, 4) is 0 Å². The third-order valence-corrected chi connectivity index (χ3v) is 3.04. The van der Waals surface area contributed by atoms with Crippen LogP contribution in [-0.4, -0.2) is 11.0 Å². The van der Waals surface area contributed by atoms with Crippen LogP contribution in [0.25, 0.3) is 0 Å². The predicted octanol–water partition coefficient (Wildman–Crippen LogP) is 2.26. The molecule has 1 unspecified atom stereocenters. The molecule has 4 heteroatoms. The number of thiazole rings is 1. The lowest BCUT2D eigenvalue weighted by Gasteiger charge is -2.24. The Kier molecular flexibility index (Phi) is 4.25. The minimum atomic E-state index is 0.294. The fourth-order valence-electron chi connectivity index (χ4n) is 1.68. The minimum Gasteiger partial charge on any atom is -0.271 e. The van der Waals surface area contributed by atoms with Crippen molar-refractivity contribution < 1.29 is 0 Å². The van der Waals surface area contributed by atoms with Crippen molar-refractivity contribution in [2.24, 2.45) is 11.3 Å². The second-order valence-electron chi connectivity index (χ2n) is 5.19. The molecule has 0 aliphatic heterocycles. The zero-order chi connectivity index (χ0) is 11.5. The van der Waals surface area contributed by atoms with Crippen LogP contribution in [0.4, 0.5) is 0 Å². The van der Waals surface area contributed by atoms with E-state index in [-0.39, 0.29) is 0 Å². The number of nitrogens with two attached hydrogens (primary N) is 1. The molecule has 3 nitrogen and oxygen atoms in total. The standard InChI is InChI=1S/C11H21N3S/c1-8-13-10(7-15-8)5-9(14-12)6-11(2,3)4/h7,9,14H,5-6,12H2,1-4H3. The van der Waals surface area contributed by atoms with Gasteiger partial charge in [-0.2, -0.15) is 0 Å². The highest BCUT2D eigenvalue weighted by Gasteiger charge is 2.18. The van der Waals surface area contributed by atoms with Crippen LogP contribution >= 0.6 is 11.3 Å². The first kappa shape index (κ1) is 12.6. The van der Waals surface area contributed by atoms with Gasteiger partial charge in [0, 0.05) is 17.8 Å². The summed E-state index contributed by atoms with van der Waals surface area (Å²) in [6, 6.07) is 0.312. The number of hydrazine groups is 1. The van der Waals surface area contributed by atoms with Crippen molar-refractivity contribution in [1.82, 2.24) is 10.4 Å². The average molecular weight is 227 g/mol. The maximum absolute atomic E-state index is 5.56. The number of nitrogens with one attached hydrogen (secondary N) is 1. The topological polar surface area (TPSA) is 50.9 Å². The molecule has 0 aliphatic rings. The molecule has 0 radical (unpaired) electrons. The van der Waals surface area contributed by atoms with Gasteiger partial charge in [-0.3, -0.25) is 11.3 Å². The lowest BCUT2D eigenvalue weighted by molar-refractivity contribution is 0.307. The normalized spacial score (nSPS) is 14.2. The maximum atomic E-state index is 5.56. The van der Waals surface area contributed by atoms with Crippen molar-refractivity contribution in [3.05, 3.63) is 16.1 Å². The van der Waals surface area contributed by atoms with Crippen LogP contribution in [0.15, 0.2) is 5.38 Å². The van der Waals surface area contributed by atoms with Crippen LogP contribution < -0.4 is 11.3 Å². The summed E-state index contributed by atoms with van der Waals surface area (Å²) in [4.78, 5) is 4.45. The molecular weight excluding hydrogens is 206 g/mol. The van der Waals surface area contributed by atoms with E-state index in [0.29, 0.717) is 11.5 Å². The smallest absolute Gasteiger partial charge is 0.0897 e. The van der Waals surface area contributed by atoms with Crippen molar-refractivity contribution in [2.75, 3.05) is 0 Å². The molecule has 0 fully saturated rings. The lowest BCUT2D eigenvalue weighted by atomic mass is 9.87. The van der Waals surface area contributed by atoms with E-state index in [2.05, 4.69) is 36.6 Å². The molecular formula is C11H21N3S. The van der Waals surface area contributed by atoms with Gasteiger partial charge in [0.25, 0.3) is 0 Å². The highest BCUT2D eigenvalue weighted by Crippen LogP contribution is 2.22. The zero-order valence-electron chi connectivity index (χ0n) is 10.0. The second kappa shape index (κ2) is 5.05. The minimum absolute atomic E-state index is 0.294. The Morgan fingerprint density at radius 2 is 2.20 bits per heavy atom. The Bertz CT molecular complexity index is 301. The van der Waals surface area contributed by atoms with Crippen molar-refractivity contribution in [2.45, 2.75) is 46.6 Å². The van der Waals surface area contributed by atoms with Crippen LogP contribution in [-0.2, 0) is 6.42 Å². The van der Waals surface area contributed by atoms with Crippen LogP contribution in [0.2, 0.25) is 0 Å². The summed E-state index contributed by atoms with van der Waals surface area (Å²) in [5.41, 5.74) is 4.32. The number of nitrogens with zero attached hydrogens (tertiary/aromatic N) is 1. The first-order valence-corrected chi connectivity index (χ1v) is 6.16. The van der Waals surface area contributed by atoms with Crippen molar-refractivity contribution in [3.63, 3.8) is 0 Å². The Labute approximate surface area is 96.1 Å². The first-order chi connectivity index (χ1) is 6.90. The summed E-state index contributed by atoms with van der Waals surface area (Å²) in [5.74, 6) is 5.56. The van der Waals surface area contributed by atoms with Gasteiger partial charge in [-0.05, 0) is 18.8 Å². The van der Waals surface area contributed by atoms with Gasteiger partial charge in [-0.15, -0.1) is 11.3 Å². The third kappa shape index (κ3) is 4.73. The highest BCUT2D eigenvalue weighted by atomic mass is 32.1. The molecule has 0 saturated heterocycles. The molecule has 86 valence electrons. The van der Waals surface area contributed by atoms with Gasteiger partial charge < -0.3 is 0 Å².